The molecule has 96 valence electrons. The fourth-order valence-corrected chi connectivity index (χ4v) is 1.91. The van der Waals surface area contributed by atoms with E-state index in [1.807, 2.05) is 13.0 Å². The highest BCUT2D eigenvalue weighted by atomic mass is 19.1. The zero-order chi connectivity index (χ0) is 13.7. The summed E-state index contributed by atoms with van der Waals surface area (Å²) in [7, 11) is 0. The van der Waals surface area contributed by atoms with Crippen molar-refractivity contribution in [3.05, 3.63) is 59.5 Å². The van der Waals surface area contributed by atoms with Crippen molar-refractivity contribution in [3.63, 3.8) is 0 Å². The van der Waals surface area contributed by atoms with Gasteiger partial charge in [-0.1, -0.05) is 12.1 Å². The first-order valence-corrected chi connectivity index (χ1v) is 6.05. The van der Waals surface area contributed by atoms with Crippen LogP contribution in [0.15, 0.2) is 42.6 Å². The van der Waals surface area contributed by atoms with Gasteiger partial charge in [-0.05, 0) is 43.2 Å². The third kappa shape index (κ3) is 3.52. The maximum Gasteiger partial charge on any atom is 0.144 e. The second kappa shape index (κ2) is 5.96. The van der Waals surface area contributed by atoms with Crippen molar-refractivity contribution in [3.8, 4) is 6.07 Å². The van der Waals surface area contributed by atoms with Crippen LogP contribution >= 0.6 is 0 Å². The first kappa shape index (κ1) is 13.0. The average Bonchev–Trinajstić information content (AvgIpc) is 2.39. The molecule has 19 heavy (non-hydrogen) atoms. The van der Waals surface area contributed by atoms with Crippen LogP contribution in [0.25, 0.3) is 0 Å². The van der Waals surface area contributed by atoms with Crippen molar-refractivity contribution in [1.82, 2.24) is 4.98 Å². The SMILES string of the molecule is CC(Cc1cccc(F)c1)Nc1ncccc1C#N. The monoisotopic (exact) mass is 255 g/mol. The molecular weight excluding hydrogens is 241 g/mol. The molecule has 0 bridgehead atoms. The molecule has 0 saturated carbocycles. The number of aromatic nitrogens is 1. The standard InChI is InChI=1S/C15H14FN3/c1-11(8-12-4-2-6-14(16)9-12)19-15-13(10-17)5-3-7-18-15/h2-7,9,11H,8H2,1H3,(H,18,19). The van der Waals surface area contributed by atoms with Crippen LogP contribution in [0.4, 0.5) is 10.2 Å². The van der Waals surface area contributed by atoms with Crippen LogP contribution in [0.1, 0.15) is 18.1 Å². The van der Waals surface area contributed by atoms with Gasteiger partial charge in [0.2, 0.25) is 0 Å². The second-order valence-corrected chi connectivity index (χ2v) is 4.39. The molecule has 1 unspecified atom stereocenters. The average molecular weight is 255 g/mol. The summed E-state index contributed by atoms with van der Waals surface area (Å²) in [6.07, 6.45) is 2.30. The molecule has 1 atom stereocenters. The van der Waals surface area contributed by atoms with Gasteiger partial charge in [0.05, 0.1) is 5.56 Å². The van der Waals surface area contributed by atoms with Crippen molar-refractivity contribution in [2.45, 2.75) is 19.4 Å². The lowest BCUT2D eigenvalue weighted by molar-refractivity contribution is 0.624. The smallest absolute Gasteiger partial charge is 0.144 e. The van der Waals surface area contributed by atoms with Crippen molar-refractivity contribution in [1.29, 1.82) is 5.26 Å². The Labute approximate surface area is 111 Å². The Bertz CT molecular complexity index is 604. The van der Waals surface area contributed by atoms with Crippen molar-refractivity contribution < 1.29 is 4.39 Å². The van der Waals surface area contributed by atoms with Gasteiger partial charge in [-0.15, -0.1) is 0 Å². The van der Waals surface area contributed by atoms with Crippen LogP contribution in [-0.2, 0) is 6.42 Å². The van der Waals surface area contributed by atoms with Gasteiger partial charge in [-0.25, -0.2) is 9.37 Å². The van der Waals surface area contributed by atoms with Gasteiger partial charge in [0.15, 0.2) is 0 Å². The van der Waals surface area contributed by atoms with Crippen molar-refractivity contribution >= 4 is 5.82 Å². The molecule has 2 rings (SSSR count). The summed E-state index contributed by atoms with van der Waals surface area (Å²) in [5.74, 6) is 0.328. The first-order valence-electron chi connectivity index (χ1n) is 6.05. The third-order valence-corrected chi connectivity index (χ3v) is 2.74. The zero-order valence-electron chi connectivity index (χ0n) is 10.6. The lowest BCUT2D eigenvalue weighted by atomic mass is 10.1. The van der Waals surface area contributed by atoms with E-state index < -0.39 is 0 Å². The van der Waals surface area contributed by atoms with E-state index in [-0.39, 0.29) is 11.9 Å². The molecule has 3 nitrogen and oxygen atoms in total. The Morgan fingerprint density at radius 2 is 2.21 bits per heavy atom. The van der Waals surface area contributed by atoms with E-state index in [0.29, 0.717) is 17.8 Å². The van der Waals surface area contributed by atoms with Gasteiger partial charge in [0.1, 0.15) is 17.7 Å². The molecule has 0 radical (unpaired) electrons. The Morgan fingerprint density at radius 3 is 2.95 bits per heavy atom. The van der Waals surface area contributed by atoms with Crippen molar-refractivity contribution in [2.24, 2.45) is 0 Å². The largest absolute Gasteiger partial charge is 0.366 e. The minimum atomic E-state index is -0.236. The second-order valence-electron chi connectivity index (χ2n) is 4.39. The van der Waals surface area contributed by atoms with E-state index in [0.717, 1.165) is 5.56 Å². The number of rotatable bonds is 4. The minimum absolute atomic E-state index is 0.0591. The number of hydrogen-bond donors (Lipinski definition) is 1. The molecule has 0 aliphatic carbocycles. The van der Waals surface area contributed by atoms with Crippen LogP contribution in [0.2, 0.25) is 0 Å². The molecule has 0 amide bonds. The quantitative estimate of drug-likeness (QED) is 0.913. The molecule has 0 fully saturated rings. The number of halogens is 1. The molecular formula is C15H14FN3. The highest BCUT2D eigenvalue weighted by molar-refractivity contribution is 5.51. The molecule has 0 aliphatic heterocycles. The topological polar surface area (TPSA) is 48.7 Å². The van der Waals surface area contributed by atoms with E-state index in [4.69, 9.17) is 5.26 Å². The first-order chi connectivity index (χ1) is 9.19. The molecule has 0 aliphatic rings. The van der Waals surface area contributed by atoms with E-state index in [2.05, 4.69) is 16.4 Å². The van der Waals surface area contributed by atoms with Gasteiger partial charge < -0.3 is 5.32 Å². The Kier molecular flexibility index (Phi) is 4.09. The predicted octanol–water partition coefficient (Wildman–Crippen LogP) is 3.14. The number of benzene rings is 1. The number of hydrogen-bond acceptors (Lipinski definition) is 3. The van der Waals surface area contributed by atoms with E-state index in [9.17, 15) is 4.39 Å². The summed E-state index contributed by atoms with van der Waals surface area (Å²) in [5, 5.41) is 12.2. The number of anilines is 1. The lowest BCUT2D eigenvalue weighted by Gasteiger charge is -2.15. The maximum absolute atomic E-state index is 13.1. The summed E-state index contributed by atoms with van der Waals surface area (Å²) in [6, 6.07) is 12.1. The molecule has 0 spiro atoms. The lowest BCUT2D eigenvalue weighted by Crippen LogP contribution is -2.19. The molecule has 0 saturated heterocycles. The zero-order valence-corrected chi connectivity index (χ0v) is 10.6. The summed E-state index contributed by atoms with van der Waals surface area (Å²) >= 11 is 0. The number of nitriles is 1. The normalized spacial score (nSPS) is 11.6. The molecule has 1 aromatic heterocycles. The van der Waals surface area contributed by atoms with E-state index in [1.54, 1.807) is 24.4 Å². The van der Waals surface area contributed by atoms with Gasteiger partial charge in [0.25, 0.3) is 0 Å². The van der Waals surface area contributed by atoms with Gasteiger partial charge in [-0.2, -0.15) is 5.26 Å². The van der Waals surface area contributed by atoms with Gasteiger partial charge in [-0.3, -0.25) is 0 Å². The minimum Gasteiger partial charge on any atom is -0.366 e. The summed E-state index contributed by atoms with van der Waals surface area (Å²) < 4.78 is 13.1. The van der Waals surface area contributed by atoms with Crippen LogP contribution in [0.5, 0.6) is 0 Å². The van der Waals surface area contributed by atoms with Crippen LogP contribution < -0.4 is 5.32 Å². The molecule has 1 N–H and O–H groups in total. The van der Waals surface area contributed by atoms with Crippen LogP contribution in [0.3, 0.4) is 0 Å². The summed E-state index contributed by atoms with van der Waals surface area (Å²) in [4.78, 5) is 4.14. The highest BCUT2D eigenvalue weighted by Gasteiger charge is 2.08. The van der Waals surface area contributed by atoms with Gasteiger partial charge >= 0.3 is 0 Å². The number of pyridine rings is 1. The fraction of sp³-hybridized carbons (Fsp3) is 0.200. The Balaban J connectivity index is 2.06. The molecule has 2 aromatic rings. The Morgan fingerprint density at radius 1 is 1.37 bits per heavy atom. The van der Waals surface area contributed by atoms with E-state index >= 15 is 0 Å². The van der Waals surface area contributed by atoms with E-state index in [1.165, 1.54) is 12.1 Å². The summed E-state index contributed by atoms with van der Waals surface area (Å²) in [5.41, 5.74) is 1.42. The third-order valence-electron chi connectivity index (χ3n) is 2.74. The fourth-order valence-electron chi connectivity index (χ4n) is 1.91. The number of nitrogens with zero attached hydrogens (tertiary/aromatic N) is 2. The maximum atomic E-state index is 13.1. The summed E-state index contributed by atoms with van der Waals surface area (Å²) in [6.45, 7) is 1.97. The Hall–Kier alpha value is -2.41. The van der Waals surface area contributed by atoms with Crippen LogP contribution in [0, 0.1) is 17.1 Å². The molecule has 1 aromatic carbocycles. The van der Waals surface area contributed by atoms with Gasteiger partial charge in [0, 0.05) is 12.2 Å². The van der Waals surface area contributed by atoms with Crippen LogP contribution in [-0.4, -0.2) is 11.0 Å². The molecule has 4 heteroatoms. The highest BCUT2D eigenvalue weighted by Crippen LogP contribution is 2.13. The van der Waals surface area contributed by atoms with Crippen molar-refractivity contribution in [2.75, 3.05) is 5.32 Å². The molecule has 1 heterocycles. The number of nitrogens with one attached hydrogen (secondary N) is 1. The predicted molar refractivity (Wildman–Crippen MR) is 72.1 cm³/mol.